The number of halogens is 3. The molecule has 0 atom stereocenters. The van der Waals surface area contributed by atoms with Crippen molar-refractivity contribution in [3.05, 3.63) is 58.7 Å². The van der Waals surface area contributed by atoms with E-state index in [1.54, 1.807) is 12.1 Å². The summed E-state index contributed by atoms with van der Waals surface area (Å²) in [7, 11) is 0. The van der Waals surface area contributed by atoms with Crippen LogP contribution < -0.4 is 4.90 Å². The molecule has 1 spiro atoms. The van der Waals surface area contributed by atoms with Crippen molar-refractivity contribution in [3.8, 4) is 0 Å². The Morgan fingerprint density at radius 3 is 2.42 bits per heavy atom. The SMILES string of the molecule is O=CN1CCC2(CC1)C(=O)N(c1ncc(Cl)cc1F)CC(=O)N2Cc1ccc(F)cc1. The Labute approximate surface area is 182 Å². The average Bonchev–Trinajstić information content (AvgIpc) is 2.76. The number of hydrogen-bond acceptors (Lipinski definition) is 4. The van der Waals surface area contributed by atoms with Gasteiger partial charge in [-0.15, -0.1) is 0 Å². The highest BCUT2D eigenvalue weighted by Gasteiger charge is 2.54. The second-order valence-electron chi connectivity index (χ2n) is 7.63. The molecule has 3 heterocycles. The summed E-state index contributed by atoms with van der Waals surface area (Å²) in [5.41, 5.74) is -0.610. The monoisotopic (exact) mass is 448 g/mol. The first kappa shape index (κ1) is 21.2. The Morgan fingerprint density at radius 1 is 1.13 bits per heavy atom. The van der Waals surface area contributed by atoms with Crippen LogP contribution in [0.4, 0.5) is 14.6 Å². The van der Waals surface area contributed by atoms with Gasteiger partial charge >= 0.3 is 0 Å². The van der Waals surface area contributed by atoms with Crippen molar-refractivity contribution in [1.29, 1.82) is 0 Å². The second-order valence-corrected chi connectivity index (χ2v) is 8.07. The second kappa shape index (κ2) is 8.22. The van der Waals surface area contributed by atoms with Gasteiger partial charge in [-0.25, -0.2) is 13.8 Å². The molecular formula is C21H19ClF2N4O3. The van der Waals surface area contributed by atoms with E-state index in [0.29, 0.717) is 12.0 Å². The third-order valence-corrected chi connectivity index (χ3v) is 6.03. The van der Waals surface area contributed by atoms with E-state index in [0.717, 1.165) is 11.0 Å². The van der Waals surface area contributed by atoms with Crippen molar-refractivity contribution >= 4 is 35.6 Å². The fraction of sp³-hybridized carbons (Fsp3) is 0.333. The molecular weight excluding hydrogens is 430 g/mol. The molecule has 0 aliphatic carbocycles. The molecule has 2 saturated heterocycles. The summed E-state index contributed by atoms with van der Waals surface area (Å²) < 4.78 is 27.8. The summed E-state index contributed by atoms with van der Waals surface area (Å²) in [6.45, 7) is 0.251. The van der Waals surface area contributed by atoms with Crippen LogP contribution in [0, 0.1) is 11.6 Å². The number of amides is 3. The number of rotatable bonds is 4. The number of anilines is 1. The van der Waals surface area contributed by atoms with Crippen LogP contribution in [0.3, 0.4) is 0 Å². The quantitative estimate of drug-likeness (QED) is 0.673. The van der Waals surface area contributed by atoms with E-state index < -0.39 is 23.1 Å². The predicted molar refractivity (Wildman–Crippen MR) is 108 cm³/mol. The highest BCUT2D eigenvalue weighted by molar-refractivity contribution is 6.30. The van der Waals surface area contributed by atoms with Gasteiger partial charge in [-0.05, 0) is 36.6 Å². The molecule has 31 heavy (non-hydrogen) atoms. The summed E-state index contributed by atoms with van der Waals surface area (Å²) >= 11 is 5.77. The third-order valence-electron chi connectivity index (χ3n) is 5.83. The van der Waals surface area contributed by atoms with Crippen molar-refractivity contribution in [2.45, 2.75) is 24.9 Å². The maximum absolute atomic E-state index is 14.5. The first-order valence-corrected chi connectivity index (χ1v) is 10.1. The zero-order valence-corrected chi connectivity index (χ0v) is 17.2. The number of piperazine rings is 1. The van der Waals surface area contributed by atoms with Gasteiger partial charge < -0.3 is 9.80 Å². The maximum atomic E-state index is 14.5. The highest BCUT2D eigenvalue weighted by Crippen LogP contribution is 2.37. The molecule has 2 aliphatic rings. The van der Waals surface area contributed by atoms with Crippen molar-refractivity contribution in [3.63, 3.8) is 0 Å². The van der Waals surface area contributed by atoms with Crippen molar-refractivity contribution in [2.24, 2.45) is 0 Å². The molecule has 2 fully saturated rings. The first-order chi connectivity index (χ1) is 14.8. The molecule has 0 unspecified atom stereocenters. The Bertz CT molecular complexity index is 1030. The number of piperidine rings is 1. The number of hydrogen-bond donors (Lipinski definition) is 0. The fourth-order valence-corrected chi connectivity index (χ4v) is 4.31. The maximum Gasteiger partial charge on any atom is 0.254 e. The Hall–Kier alpha value is -3.07. The van der Waals surface area contributed by atoms with E-state index in [9.17, 15) is 23.2 Å². The summed E-state index contributed by atoms with van der Waals surface area (Å²) in [6, 6.07) is 6.70. The Balaban J connectivity index is 1.72. The topological polar surface area (TPSA) is 73.8 Å². The van der Waals surface area contributed by atoms with Gasteiger partial charge in [0.05, 0.1) is 5.02 Å². The van der Waals surface area contributed by atoms with E-state index >= 15 is 0 Å². The molecule has 7 nitrogen and oxygen atoms in total. The van der Waals surface area contributed by atoms with Gasteiger partial charge in [-0.3, -0.25) is 19.3 Å². The van der Waals surface area contributed by atoms with Gasteiger partial charge in [-0.1, -0.05) is 23.7 Å². The van der Waals surface area contributed by atoms with E-state index in [1.807, 2.05) is 0 Å². The number of benzene rings is 1. The van der Waals surface area contributed by atoms with Crippen molar-refractivity contribution in [2.75, 3.05) is 24.5 Å². The van der Waals surface area contributed by atoms with Crippen molar-refractivity contribution < 1.29 is 23.2 Å². The minimum atomic E-state index is -1.27. The average molecular weight is 449 g/mol. The van der Waals surface area contributed by atoms with Gasteiger partial charge in [0, 0.05) is 25.8 Å². The molecule has 0 radical (unpaired) electrons. The first-order valence-electron chi connectivity index (χ1n) is 9.71. The molecule has 4 rings (SSSR count). The molecule has 3 amide bonds. The molecule has 0 bridgehead atoms. The lowest BCUT2D eigenvalue weighted by Gasteiger charge is -2.51. The molecule has 0 saturated carbocycles. The molecule has 0 N–H and O–H groups in total. The smallest absolute Gasteiger partial charge is 0.254 e. The van der Waals surface area contributed by atoms with Crippen LogP contribution in [-0.4, -0.2) is 58.2 Å². The molecule has 10 heteroatoms. The Morgan fingerprint density at radius 2 is 1.81 bits per heavy atom. The predicted octanol–water partition coefficient (Wildman–Crippen LogP) is 2.38. The lowest BCUT2D eigenvalue weighted by molar-refractivity contribution is -0.156. The van der Waals surface area contributed by atoms with Crippen LogP contribution in [0.5, 0.6) is 0 Å². The standard InChI is InChI=1S/C21H19ClF2N4O3/c22-15-9-17(24)19(25-10-15)27-12-18(30)28(11-14-1-3-16(23)4-2-14)21(20(27)31)5-7-26(13-29)8-6-21/h1-4,9-10,13H,5-8,11-12H2. The summed E-state index contributed by atoms with van der Waals surface area (Å²) in [4.78, 5) is 46.0. The van der Waals surface area contributed by atoms with Crippen LogP contribution in [0.25, 0.3) is 0 Å². The van der Waals surface area contributed by atoms with Gasteiger partial charge in [0.1, 0.15) is 17.9 Å². The minimum absolute atomic E-state index is 0.0731. The van der Waals surface area contributed by atoms with Crippen LogP contribution in [0.1, 0.15) is 18.4 Å². The molecule has 1 aromatic carbocycles. The van der Waals surface area contributed by atoms with E-state index in [2.05, 4.69) is 4.98 Å². The fourth-order valence-electron chi connectivity index (χ4n) is 4.17. The summed E-state index contributed by atoms with van der Waals surface area (Å²) in [5.74, 6) is -2.33. The molecule has 2 aromatic rings. The summed E-state index contributed by atoms with van der Waals surface area (Å²) in [6.07, 6.45) is 2.31. The van der Waals surface area contributed by atoms with E-state index in [1.165, 1.54) is 28.1 Å². The molecule has 162 valence electrons. The largest absolute Gasteiger partial charge is 0.345 e. The van der Waals surface area contributed by atoms with Crippen LogP contribution in [0.15, 0.2) is 36.5 Å². The van der Waals surface area contributed by atoms with Gasteiger partial charge in [0.25, 0.3) is 5.91 Å². The van der Waals surface area contributed by atoms with E-state index in [4.69, 9.17) is 11.6 Å². The number of pyridine rings is 1. The van der Waals surface area contributed by atoms with Crippen molar-refractivity contribution in [1.82, 2.24) is 14.8 Å². The van der Waals surface area contributed by atoms with Gasteiger partial charge in [0.15, 0.2) is 11.6 Å². The molecule has 1 aromatic heterocycles. The van der Waals surface area contributed by atoms with Crippen LogP contribution >= 0.6 is 11.6 Å². The third kappa shape index (κ3) is 3.85. The summed E-state index contributed by atoms with van der Waals surface area (Å²) in [5, 5.41) is 0.0731. The number of aromatic nitrogens is 1. The number of carbonyl (C=O) groups is 3. The van der Waals surface area contributed by atoms with Gasteiger partial charge in [-0.2, -0.15) is 0 Å². The highest BCUT2D eigenvalue weighted by atomic mass is 35.5. The molecule has 2 aliphatic heterocycles. The lowest BCUT2D eigenvalue weighted by Crippen LogP contribution is -2.70. The normalized spacial score (nSPS) is 18.6. The van der Waals surface area contributed by atoms with E-state index in [-0.39, 0.29) is 55.8 Å². The number of likely N-dealkylation sites (tertiary alicyclic amines) is 1. The van der Waals surface area contributed by atoms with Crippen LogP contribution in [-0.2, 0) is 20.9 Å². The number of nitrogens with zero attached hydrogens (tertiary/aromatic N) is 4. The number of carbonyl (C=O) groups excluding carboxylic acids is 3. The minimum Gasteiger partial charge on any atom is -0.345 e. The Kier molecular flexibility index (Phi) is 5.62. The zero-order chi connectivity index (χ0) is 22.2. The lowest BCUT2D eigenvalue weighted by atomic mass is 9.82. The zero-order valence-electron chi connectivity index (χ0n) is 16.4. The van der Waals surface area contributed by atoms with Crippen LogP contribution in [0.2, 0.25) is 5.02 Å². The van der Waals surface area contributed by atoms with Gasteiger partial charge in [0.2, 0.25) is 12.3 Å².